The van der Waals surface area contributed by atoms with Crippen molar-refractivity contribution in [3.8, 4) is 92.8 Å². The lowest BCUT2D eigenvalue weighted by atomic mass is 9.77. The first kappa shape index (κ1) is 52.1. The van der Waals surface area contributed by atoms with Crippen LogP contribution in [0.5, 0.6) is 11.5 Å². The summed E-state index contributed by atoms with van der Waals surface area (Å²) < 4.78 is 13.0. The van der Waals surface area contributed by atoms with E-state index >= 15 is 0 Å². The summed E-state index contributed by atoms with van der Waals surface area (Å²) in [6.07, 6.45) is 20.0. The predicted octanol–water partition coefficient (Wildman–Crippen LogP) is 16.3. The maximum atomic E-state index is 9.86. The number of aromatic amines is 2. The Balaban J connectivity index is 1.52. The summed E-state index contributed by atoms with van der Waals surface area (Å²) in [6.45, 7) is 26.7. The zero-order valence-electron chi connectivity index (χ0n) is 45.7. The molecule has 76 heavy (non-hydrogen) atoms. The maximum Gasteiger partial charge on any atom is 0.148 e. The fourth-order valence-electron chi connectivity index (χ4n) is 10.2. The molecule has 0 amide bonds. The molecular weight excluding hydrogens is 933 g/mol. The normalized spacial score (nSPS) is 12.4. The van der Waals surface area contributed by atoms with Crippen LogP contribution in [0.25, 0.3) is 90.9 Å². The smallest absolute Gasteiger partial charge is 0.148 e. The summed E-state index contributed by atoms with van der Waals surface area (Å²) >= 11 is 0. The van der Waals surface area contributed by atoms with Gasteiger partial charge in [0.15, 0.2) is 0 Å². The van der Waals surface area contributed by atoms with Crippen LogP contribution in [0.1, 0.15) is 139 Å². The molecule has 0 saturated heterocycles. The zero-order valence-corrected chi connectivity index (χ0v) is 45.7. The van der Waals surface area contributed by atoms with Crippen molar-refractivity contribution in [2.45, 2.75) is 105 Å². The van der Waals surface area contributed by atoms with Crippen LogP contribution in [0.4, 0.5) is 0 Å². The molecule has 0 spiro atoms. The standard InChI is InChI=1S/C68H64N6O2/c1-15-33-75-63-47(65(3,4)5)35-45(36-48(63)66(6,7)8)61-55-29-27-53(72-55)59(43-21-17-41(39-69)18-22-43)51-25-26-52(71-51)60(44-23-19-42(40-70)20-24-44)54-28-30-56(73-54)62(58-32-31-57(61)74-58)46-37-49(67(9,10)11)64(76-34-16-2)50(38-46)68(12,13)14/h1-2,17-32,35-38,72-73H,33-34H2,3-14H3. The van der Waals surface area contributed by atoms with Gasteiger partial charge in [0, 0.05) is 66.6 Å². The quantitative estimate of drug-likeness (QED) is 0.146. The Morgan fingerprint density at radius 3 is 0.908 bits per heavy atom. The van der Waals surface area contributed by atoms with Gasteiger partial charge in [0.2, 0.25) is 0 Å². The minimum Gasteiger partial charge on any atom is -0.480 e. The molecule has 8 bridgehead atoms. The highest BCUT2D eigenvalue weighted by atomic mass is 16.5. The minimum atomic E-state index is -0.340. The molecule has 2 N–H and O–H groups in total. The summed E-state index contributed by atoms with van der Waals surface area (Å²) in [4.78, 5) is 19.0. The second-order valence-corrected chi connectivity index (χ2v) is 23.7. The van der Waals surface area contributed by atoms with E-state index in [0.717, 1.165) is 123 Å². The first-order valence-electron chi connectivity index (χ1n) is 25.7. The highest BCUT2D eigenvalue weighted by Gasteiger charge is 2.32. The number of terminal acetylenes is 2. The summed E-state index contributed by atoms with van der Waals surface area (Å²) in [5.41, 5.74) is 17.4. The highest BCUT2D eigenvalue weighted by molar-refractivity contribution is 6.00. The third kappa shape index (κ3) is 10.1. The Kier molecular flexibility index (Phi) is 13.6. The number of H-pyrrole nitrogens is 2. The van der Waals surface area contributed by atoms with Crippen LogP contribution in [-0.2, 0) is 21.7 Å². The van der Waals surface area contributed by atoms with Crippen molar-refractivity contribution < 1.29 is 9.47 Å². The van der Waals surface area contributed by atoms with Crippen LogP contribution >= 0.6 is 0 Å². The minimum absolute atomic E-state index is 0.137. The summed E-state index contributed by atoms with van der Waals surface area (Å²) in [7, 11) is 0. The van der Waals surface area contributed by atoms with Crippen molar-refractivity contribution in [2.24, 2.45) is 0 Å². The Bertz CT molecular complexity index is 3560. The van der Waals surface area contributed by atoms with E-state index in [0.29, 0.717) is 11.1 Å². The number of ether oxygens (including phenoxy) is 2. The molecule has 3 aromatic heterocycles. The molecule has 2 aliphatic heterocycles. The lowest BCUT2D eigenvalue weighted by Crippen LogP contribution is -2.20. The fraction of sp³-hybridized carbons (Fsp3) is 0.265. The molecule has 0 atom stereocenters. The van der Waals surface area contributed by atoms with Crippen LogP contribution in [0.15, 0.2) is 97.1 Å². The lowest BCUT2D eigenvalue weighted by Gasteiger charge is -2.30. The van der Waals surface area contributed by atoms with E-state index in [2.05, 4.69) is 178 Å². The molecule has 0 saturated carbocycles. The third-order valence-corrected chi connectivity index (χ3v) is 13.9. The molecule has 2 aliphatic rings. The molecule has 4 aromatic carbocycles. The van der Waals surface area contributed by atoms with Crippen LogP contribution in [-0.4, -0.2) is 33.1 Å². The molecule has 9 rings (SSSR count). The van der Waals surface area contributed by atoms with Crippen molar-refractivity contribution in [3.63, 3.8) is 0 Å². The number of nitrogens with one attached hydrogen (secondary N) is 2. The largest absolute Gasteiger partial charge is 0.480 e. The summed E-state index contributed by atoms with van der Waals surface area (Å²) in [5, 5.41) is 19.7. The van der Waals surface area contributed by atoms with Gasteiger partial charge in [-0.25, -0.2) is 9.97 Å². The Morgan fingerprint density at radius 2 is 0.671 bits per heavy atom. The summed E-state index contributed by atoms with van der Waals surface area (Å²) in [5.74, 6) is 7.00. The average Bonchev–Trinajstić information content (AvgIpc) is 4.26. The monoisotopic (exact) mass is 997 g/mol. The van der Waals surface area contributed by atoms with Crippen molar-refractivity contribution in [1.82, 2.24) is 19.9 Å². The van der Waals surface area contributed by atoms with Crippen molar-refractivity contribution in [1.29, 1.82) is 10.5 Å². The van der Waals surface area contributed by atoms with E-state index in [1.54, 1.807) is 0 Å². The van der Waals surface area contributed by atoms with E-state index in [9.17, 15) is 10.5 Å². The van der Waals surface area contributed by atoms with E-state index in [1.807, 2.05) is 60.7 Å². The lowest BCUT2D eigenvalue weighted by molar-refractivity contribution is 0.345. The third-order valence-electron chi connectivity index (χ3n) is 13.9. The van der Waals surface area contributed by atoms with Gasteiger partial charge in [-0.15, -0.1) is 12.8 Å². The molecule has 0 aliphatic carbocycles. The molecule has 378 valence electrons. The highest BCUT2D eigenvalue weighted by Crippen LogP contribution is 2.47. The molecule has 7 aromatic rings. The Morgan fingerprint density at radius 1 is 0.408 bits per heavy atom. The zero-order chi connectivity index (χ0) is 54.5. The molecular formula is C68H64N6O2. The number of fused-ring (bicyclic) bond motifs is 8. The van der Waals surface area contributed by atoms with E-state index in [1.165, 1.54) is 0 Å². The first-order valence-corrected chi connectivity index (χ1v) is 25.7. The van der Waals surface area contributed by atoms with Gasteiger partial charge in [0.25, 0.3) is 0 Å². The van der Waals surface area contributed by atoms with Gasteiger partial charge in [0.05, 0.1) is 46.0 Å². The second kappa shape index (κ2) is 19.8. The van der Waals surface area contributed by atoms with Gasteiger partial charge in [0.1, 0.15) is 24.7 Å². The van der Waals surface area contributed by atoms with Gasteiger partial charge in [-0.2, -0.15) is 10.5 Å². The fourth-order valence-corrected chi connectivity index (χ4v) is 10.2. The predicted molar refractivity (Wildman–Crippen MR) is 313 cm³/mol. The van der Waals surface area contributed by atoms with Gasteiger partial charge in [-0.3, -0.25) is 0 Å². The van der Waals surface area contributed by atoms with Crippen LogP contribution in [0.3, 0.4) is 0 Å². The van der Waals surface area contributed by atoms with Gasteiger partial charge in [-0.05, 0) is 141 Å². The number of rotatable bonds is 8. The first-order chi connectivity index (χ1) is 36.0. The average molecular weight is 997 g/mol. The molecule has 0 radical (unpaired) electrons. The molecule has 0 fully saturated rings. The van der Waals surface area contributed by atoms with E-state index in [-0.39, 0.29) is 34.9 Å². The van der Waals surface area contributed by atoms with Gasteiger partial charge < -0.3 is 19.4 Å². The number of aromatic nitrogens is 4. The molecule has 5 heterocycles. The van der Waals surface area contributed by atoms with E-state index < -0.39 is 0 Å². The Labute approximate surface area is 448 Å². The van der Waals surface area contributed by atoms with Crippen LogP contribution in [0.2, 0.25) is 0 Å². The second-order valence-electron chi connectivity index (χ2n) is 23.7. The topological polar surface area (TPSA) is 123 Å². The van der Waals surface area contributed by atoms with Gasteiger partial charge >= 0.3 is 0 Å². The van der Waals surface area contributed by atoms with Crippen LogP contribution in [0, 0.1) is 47.3 Å². The number of nitrogens with zero attached hydrogens (tertiary/aromatic N) is 4. The summed E-state index contributed by atoms with van der Waals surface area (Å²) in [6, 6.07) is 37.2. The number of hydrogen-bond acceptors (Lipinski definition) is 6. The van der Waals surface area contributed by atoms with Crippen LogP contribution < -0.4 is 9.47 Å². The number of hydrogen-bond donors (Lipinski definition) is 2. The Hall–Kier alpha value is -8.82. The number of benzene rings is 4. The molecule has 0 unspecified atom stereocenters. The van der Waals surface area contributed by atoms with Crippen molar-refractivity contribution in [3.05, 3.63) is 153 Å². The van der Waals surface area contributed by atoms with Gasteiger partial charge in [-0.1, -0.05) is 119 Å². The van der Waals surface area contributed by atoms with E-state index in [4.69, 9.17) is 32.3 Å². The number of nitriles is 2. The van der Waals surface area contributed by atoms with Crippen molar-refractivity contribution >= 4 is 46.4 Å². The maximum absolute atomic E-state index is 9.86. The molecule has 8 heteroatoms. The molecule has 8 nitrogen and oxygen atoms in total. The SMILES string of the molecule is C#CCOc1c(C(C)(C)C)cc(-c2c3nc(c(-c4cc(C(C)(C)C)c(OCC#C)c(C(C)(C)C)c4)c4ccc([nH]4)c(-c4ccc(C#N)cc4)c4nc(c(-c5ccc(C#N)cc5)c5ccc2[nH]5)C=C4)C=C3)cc1C(C)(C)C. The van der Waals surface area contributed by atoms with Crippen molar-refractivity contribution in [2.75, 3.05) is 13.2 Å².